The van der Waals surface area contributed by atoms with Gasteiger partial charge < -0.3 is 10.0 Å². The maximum absolute atomic E-state index is 10.4. The molecule has 88 valence electrons. The molecule has 0 fully saturated rings. The maximum atomic E-state index is 10.4. The number of hydrogen-bond donors (Lipinski definition) is 1. The highest BCUT2D eigenvalue weighted by atomic mass is 16.6. The summed E-state index contributed by atoms with van der Waals surface area (Å²) in [6.45, 7) is 0.776. The molecule has 0 spiro atoms. The second-order valence-electron chi connectivity index (χ2n) is 3.96. The lowest BCUT2D eigenvalue weighted by Gasteiger charge is -2.14. The van der Waals surface area contributed by atoms with E-state index in [2.05, 4.69) is 0 Å². The molecule has 16 heavy (non-hydrogen) atoms. The van der Waals surface area contributed by atoms with E-state index in [0.717, 1.165) is 6.54 Å². The number of hydrogen-bond acceptors (Lipinski definition) is 4. The molecule has 1 aromatic carbocycles. The minimum atomic E-state index is -0.566. The van der Waals surface area contributed by atoms with Gasteiger partial charge in [0.2, 0.25) is 0 Å². The molecule has 0 heterocycles. The number of aliphatic hydroxyl groups is 1. The van der Waals surface area contributed by atoms with Crippen LogP contribution in [-0.2, 0) is 0 Å². The van der Waals surface area contributed by atoms with E-state index in [4.69, 9.17) is 0 Å². The third kappa shape index (κ3) is 3.60. The average molecular weight is 224 g/mol. The van der Waals surface area contributed by atoms with Gasteiger partial charge in [-0.25, -0.2) is 0 Å². The van der Waals surface area contributed by atoms with Gasteiger partial charge in [-0.15, -0.1) is 0 Å². The molecule has 0 aromatic heterocycles. The molecule has 1 rings (SSSR count). The monoisotopic (exact) mass is 224 g/mol. The van der Waals surface area contributed by atoms with Crippen LogP contribution >= 0.6 is 0 Å². The van der Waals surface area contributed by atoms with Gasteiger partial charge >= 0.3 is 0 Å². The van der Waals surface area contributed by atoms with Crippen LogP contribution in [-0.4, -0.2) is 35.6 Å². The topological polar surface area (TPSA) is 66.6 Å². The van der Waals surface area contributed by atoms with Crippen LogP contribution in [0.25, 0.3) is 0 Å². The van der Waals surface area contributed by atoms with Gasteiger partial charge in [0, 0.05) is 18.7 Å². The summed E-state index contributed by atoms with van der Waals surface area (Å²) >= 11 is 0. The van der Waals surface area contributed by atoms with Crippen molar-refractivity contribution in [3.63, 3.8) is 0 Å². The zero-order chi connectivity index (χ0) is 12.1. The smallest absolute Gasteiger partial charge is 0.269 e. The Bertz CT molecular complexity index is 349. The number of aliphatic hydroxyl groups excluding tert-OH is 1. The SMILES string of the molecule is CN(C)CCC(O)c1ccc([N+](=O)[O-])cc1. The lowest BCUT2D eigenvalue weighted by Crippen LogP contribution is -2.15. The van der Waals surface area contributed by atoms with E-state index in [1.165, 1.54) is 12.1 Å². The molecular formula is C11H16N2O3. The van der Waals surface area contributed by atoms with Crippen molar-refractivity contribution in [1.29, 1.82) is 0 Å². The van der Waals surface area contributed by atoms with Crippen molar-refractivity contribution in [1.82, 2.24) is 4.90 Å². The molecule has 1 atom stereocenters. The fraction of sp³-hybridized carbons (Fsp3) is 0.455. The zero-order valence-electron chi connectivity index (χ0n) is 9.46. The van der Waals surface area contributed by atoms with E-state index >= 15 is 0 Å². The van der Waals surface area contributed by atoms with Crippen molar-refractivity contribution in [2.45, 2.75) is 12.5 Å². The number of non-ortho nitro benzene ring substituents is 1. The Kier molecular flexibility index (Phi) is 4.39. The summed E-state index contributed by atoms with van der Waals surface area (Å²) in [4.78, 5) is 12.0. The molecule has 5 heteroatoms. The molecule has 0 bridgehead atoms. The Morgan fingerprint density at radius 3 is 2.38 bits per heavy atom. The molecule has 1 N–H and O–H groups in total. The highest BCUT2D eigenvalue weighted by Crippen LogP contribution is 2.19. The van der Waals surface area contributed by atoms with Crippen LogP contribution in [0, 0.1) is 10.1 Å². The van der Waals surface area contributed by atoms with Gasteiger partial charge in [-0.1, -0.05) is 0 Å². The molecule has 1 unspecified atom stereocenters. The second kappa shape index (κ2) is 5.58. The van der Waals surface area contributed by atoms with Crippen LogP contribution in [0.1, 0.15) is 18.1 Å². The fourth-order valence-corrected chi connectivity index (χ4v) is 1.37. The van der Waals surface area contributed by atoms with Gasteiger partial charge in [-0.2, -0.15) is 0 Å². The quantitative estimate of drug-likeness (QED) is 0.609. The van der Waals surface area contributed by atoms with Crippen molar-refractivity contribution >= 4 is 5.69 Å². The highest BCUT2D eigenvalue weighted by Gasteiger charge is 2.10. The minimum absolute atomic E-state index is 0.0450. The minimum Gasteiger partial charge on any atom is -0.388 e. The van der Waals surface area contributed by atoms with Crippen molar-refractivity contribution in [2.24, 2.45) is 0 Å². The van der Waals surface area contributed by atoms with Gasteiger partial charge in [0.25, 0.3) is 5.69 Å². The Hall–Kier alpha value is -1.46. The third-order valence-corrected chi connectivity index (χ3v) is 2.34. The largest absolute Gasteiger partial charge is 0.388 e. The Morgan fingerprint density at radius 2 is 1.94 bits per heavy atom. The normalized spacial score (nSPS) is 12.8. The van der Waals surface area contributed by atoms with Crippen molar-refractivity contribution in [2.75, 3.05) is 20.6 Å². The Labute approximate surface area is 94.5 Å². The van der Waals surface area contributed by atoms with Crippen LogP contribution in [0.3, 0.4) is 0 Å². The first kappa shape index (κ1) is 12.6. The van der Waals surface area contributed by atoms with Gasteiger partial charge in [-0.05, 0) is 38.2 Å². The molecule has 0 saturated carbocycles. The van der Waals surface area contributed by atoms with Crippen LogP contribution in [0.4, 0.5) is 5.69 Å². The van der Waals surface area contributed by atoms with E-state index in [1.807, 2.05) is 19.0 Å². The van der Waals surface area contributed by atoms with E-state index in [-0.39, 0.29) is 5.69 Å². The first-order chi connectivity index (χ1) is 7.50. The Morgan fingerprint density at radius 1 is 1.38 bits per heavy atom. The van der Waals surface area contributed by atoms with Gasteiger partial charge in [0.05, 0.1) is 11.0 Å². The molecule has 0 saturated heterocycles. The molecular weight excluding hydrogens is 208 g/mol. The molecule has 5 nitrogen and oxygen atoms in total. The third-order valence-electron chi connectivity index (χ3n) is 2.34. The number of rotatable bonds is 5. The summed E-state index contributed by atoms with van der Waals surface area (Å²) in [6.07, 6.45) is 0.0494. The number of nitrogens with zero attached hydrogens (tertiary/aromatic N) is 2. The van der Waals surface area contributed by atoms with Gasteiger partial charge in [0.15, 0.2) is 0 Å². The molecule has 0 amide bonds. The molecule has 1 aromatic rings. The van der Waals surface area contributed by atoms with E-state index in [9.17, 15) is 15.2 Å². The summed E-state index contributed by atoms with van der Waals surface area (Å²) < 4.78 is 0. The molecule has 0 aliphatic heterocycles. The van der Waals surface area contributed by atoms with E-state index in [0.29, 0.717) is 12.0 Å². The van der Waals surface area contributed by atoms with Crippen molar-refractivity contribution in [3.8, 4) is 0 Å². The predicted octanol–water partition coefficient (Wildman–Crippen LogP) is 1.58. The molecule has 0 aliphatic carbocycles. The maximum Gasteiger partial charge on any atom is 0.269 e. The van der Waals surface area contributed by atoms with Crippen LogP contribution in [0.15, 0.2) is 24.3 Å². The van der Waals surface area contributed by atoms with Crippen molar-refractivity contribution < 1.29 is 10.0 Å². The number of benzene rings is 1. The Balaban J connectivity index is 2.63. The van der Waals surface area contributed by atoms with E-state index in [1.54, 1.807) is 12.1 Å². The standard InChI is InChI=1S/C11H16N2O3/c1-12(2)8-7-11(14)9-3-5-10(6-4-9)13(15)16/h3-6,11,14H,7-8H2,1-2H3. The number of nitro groups is 1. The zero-order valence-corrected chi connectivity index (χ0v) is 9.46. The first-order valence-electron chi connectivity index (χ1n) is 5.08. The highest BCUT2D eigenvalue weighted by molar-refractivity contribution is 5.33. The summed E-state index contributed by atoms with van der Waals surface area (Å²) in [5, 5.41) is 20.2. The second-order valence-corrected chi connectivity index (χ2v) is 3.96. The summed E-state index contributed by atoms with van der Waals surface area (Å²) in [5.41, 5.74) is 0.760. The predicted molar refractivity (Wildman–Crippen MR) is 61.2 cm³/mol. The summed E-state index contributed by atoms with van der Waals surface area (Å²) in [7, 11) is 3.87. The van der Waals surface area contributed by atoms with Gasteiger partial charge in [-0.3, -0.25) is 10.1 Å². The van der Waals surface area contributed by atoms with Crippen molar-refractivity contribution in [3.05, 3.63) is 39.9 Å². The first-order valence-corrected chi connectivity index (χ1v) is 5.08. The molecule has 0 radical (unpaired) electrons. The lowest BCUT2D eigenvalue weighted by molar-refractivity contribution is -0.384. The fourth-order valence-electron chi connectivity index (χ4n) is 1.37. The summed E-state index contributed by atoms with van der Waals surface area (Å²) in [5.74, 6) is 0. The van der Waals surface area contributed by atoms with Crippen LogP contribution in [0.2, 0.25) is 0 Å². The number of nitro benzene ring substituents is 1. The summed E-state index contributed by atoms with van der Waals surface area (Å²) in [6, 6.07) is 6.01. The average Bonchev–Trinajstić information content (AvgIpc) is 2.26. The van der Waals surface area contributed by atoms with Crippen LogP contribution in [0.5, 0.6) is 0 Å². The lowest BCUT2D eigenvalue weighted by atomic mass is 10.1. The van der Waals surface area contributed by atoms with E-state index < -0.39 is 11.0 Å². The van der Waals surface area contributed by atoms with Gasteiger partial charge in [0.1, 0.15) is 0 Å². The van der Waals surface area contributed by atoms with Crippen LogP contribution < -0.4 is 0 Å². The molecule has 0 aliphatic rings.